The van der Waals surface area contributed by atoms with Gasteiger partial charge in [-0.05, 0) is 74.0 Å². The molecule has 5 heterocycles. The maximum atomic E-state index is 4.49. The zero-order valence-electron chi connectivity index (χ0n) is 13.3. The van der Waals surface area contributed by atoms with Gasteiger partial charge in [0.15, 0.2) is 0 Å². The molecule has 0 amide bonds. The second-order valence-corrected chi connectivity index (χ2v) is 6.88. The smallest absolute Gasteiger partial charge is 0.136 e. The Morgan fingerprint density at radius 1 is 1.23 bits per heavy atom. The lowest BCUT2D eigenvalue weighted by atomic mass is 9.74. The van der Waals surface area contributed by atoms with Gasteiger partial charge in [-0.3, -0.25) is 0 Å². The zero-order chi connectivity index (χ0) is 14.9. The van der Waals surface area contributed by atoms with Crippen molar-refractivity contribution >= 4 is 0 Å². The first-order chi connectivity index (χ1) is 10.8. The van der Waals surface area contributed by atoms with E-state index in [4.69, 9.17) is 0 Å². The maximum absolute atomic E-state index is 4.49. The van der Waals surface area contributed by atoms with Gasteiger partial charge in [-0.15, -0.1) is 0 Å². The van der Waals surface area contributed by atoms with Crippen molar-refractivity contribution in [3.05, 3.63) is 54.3 Å². The van der Waals surface area contributed by atoms with Gasteiger partial charge in [0.1, 0.15) is 5.82 Å². The van der Waals surface area contributed by atoms with E-state index in [2.05, 4.69) is 45.9 Å². The molecule has 22 heavy (non-hydrogen) atoms. The highest BCUT2D eigenvalue weighted by Crippen LogP contribution is 2.37. The fourth-order valence-corrected chi connectivity index (χ4v) is 4.14. The van der Waals surface area contributed by atoms with Crippen LogP contribution in [0.1, 0.15) is 31.7 Å². The molecule has 2 bridgehead atoms. The molecule has 1 unspecified atom stereocenters. The summed E-state index contributed by atoms with van der Waals surface area (Å²) in [4.78, 5) is 7.14. The second-order valence-electron chi connectivity index (χ2n) is 6.88. The summed E-state index contributed by atoms with van der Waals surface area (Å²) in [6.45, 7) is 6.25. The predicted molar refractivity (Wildman–Crippen MR) is 88.9 cm³/mol. The number of hydrogen-bond acceptors (Lipinski definition) is 2. The van der Waals surface area contributed by atoms with E-state index < -0.39 is 0 Å². The van der Waals surface area contributed by atoms with E-state index in [1.54, 1.807) is 0 Å². The van der Waals surface area contributed by atoms with Gasteiger partial charge < -0.3 is 9.47 Å². The van der Waals surface area contributed by atoms with E-state index in [0.717, 1.165) is 17.7 Å². The molecule has 3 heteroatoms. The van der Waals surface area contributed by atoms with Crippen LogP contribution < -0.4 is 0 Å². The fraction of sp³-hybridized carbons (Fsp3) is 0.474. The lowest BCUT2D eigenvalue weighted by Crippen LogP contribution is -2.47. The molecule has 2 aromatic rings. The van der Waals surface area contributed by atoms with E-state index >= 15 is 0 Å². The van der Waals surface area contributed by atoms with Crippen molar-refractivity contribution in [2.45, 2.75) is 26.2 Å². The molecule has 1 radical (unpaired) electrons. The van der Waals surface area contributed by atoms with Crippen LogP contribution in [-0.2, 0) is 0 Å². The topological polar surface area (TPSA) is 21.1 Å². The van der Waals surface area contributed by atoms with Crippen molar-refractivity contribution in [1.29, 1.82) is 0 Å². The monoisotopic (exact) mass is 294 g/mol. The average Bonchev–Trinajstić information content (AvgIpc) is 3.11. The molecule has 3 nitrogen and oxygen atoms in total. The SMILES string of the molecule is C[C](CC1CN2CCC1CC2)c1ccnc(-n2cccc2)c1. The Balaban J connectivity index is 1.48. The molecule has 0 saturated carbocycles. The molecule has 0 spiro atoms. The van der Waals surface area contributed by atoms with Gasteiger partial charge >= 0.3 is 0 Å². The number of hydrogen-bond donors (Lipinski definition) is 0. The number of fused-ring (bicyclic) bond motifs is 3. The molecule has 2 aromatic heterocycles. The molecule has 0 N–H and O–H groups in total. The number of nitrogens with zero attached hydrogens (tertiary/aromatic N) is 3. The Kier molecular flexibility index (Phi) is 3.75. The summed E-state index contributed by atoms with van der Waals surface area (Å²) in [6, 6.07) is 8.46. The third kappa shape index (κ3) is 2.70. The van der Waals surface area contributed by atoms with Crippen LogP contribution in [0.15, 0.2) is 42.9 Å². The minimum absolute atomic E-state index is 0.852. The molecule has 3 aliphatic heterocycles. The normalized spacial score (nSPS) is 27.5. The lowest BCUT2D eigenvalue weighted by molar-refractivity contribution is 0.0493. The van der Waals surface area contributed by atoms with Crippen molar-refractivity contribution < 1.29 is 0 Å². The lowest BCUT2D eigenvalue weighted by Gasteiger charge is -2.45. The molecule has 3 saturated heterocycles. The van der Waals surface area contributed by atoms with E-state index in [9.17, 15) is 0 Å². The van der Waals surface area contributed by atoms with Gasteiger partial charge in [-0.25, -0.2) is 4.98 Å². The number of aromatic nitrogens is 2. The third-order valence-electron chi connectivity index (χ3n) is 5.47. The van der Waals surface area contributed by atoms with Gasteiger partial charge in [-0.1, -0.05) is 6.92 Å². The first kappa shape index (κ1) is 14.0. The molecule has 0 aromatic carbocycles. The Bertz CT molecular complexity index is 611. The molecule has 115 valence electrons. The number of rotatable bonds is 4. The Morgan fingerprint density at radius 3 is 2.68 bits per heavy atom. The molecular formula is C19H24N3. The van der Waals surface area contributed by atoms with Crippen molar-refractivity contribution in [2.75, 3.05) is 19.6 Å². The predicted octanol–water partition coefficient (Wildman–Crippen LogP) is 3.55. The van der Waals surface area contributed by atoms with E-state index in [0.29, 0.717) is 0 Å². The third-order valence-corrected chi connectivity index (χ3v) is 5.47. The second kappa shape index (κ2) is 5.88. The quantitative estimate of drug-likeness (QED) is 0.860. The highest BCUT2D eigenvalue weighted by Gasteiger charge is 2.34. The first-order valence-corrected chi connectivity index (χ1v) is 8.44. The zero-order valence-corrected chi connectivity index (χ0v) is 13.3. The molecule has 0 aliphatic carbocycles. The Hall–Kier alpha value is -1.61. The summed E-state index contributed by atoms with van der Waals surface area (Å²) >= 11 is 0. The summed E-state index contributed by atoms with van der Waals surface area (Å²) in [5, 5.41) is 0. The van der Waals surface area contributed by atoms with Gasteiger partial charge in [-0.2, -0.15) is 0 Å². The molecular weight excluding hydrogens is 270 g/mol. The maximum Gasteiger partial charge on any atom is 0.136 e. The van der Waals surface area contributed by atoms with Crippen molar-refractivity contribution in [1.82, 2.24) is 14.5 Å². The van der Waals surface area contributed by atoms with E-state index in [1.807, 2.05) is 18.3 Å². The number of piperidine rings is 3. The van der Waals surface area contributed by atoms with Crippen LogP contribution in [-0.4, -0.2) is 34.1 Å². The van der Waals surface area contributed by atoms with E-state index in [-0.39, 0.29) is 0 Å². The van der Waals surface area contributed by atoms with Crippen molar-refractivity contribution in [3.63, 3.8) is 0 Å². The van der Waals surface area contributed by atoms with Gasteiger partial charge in [0.05, 0.1) is 0 Å². The highest BCUT2D eigenvalue weighted by molar-refractivity contribution is 5.36. The minimum Gasteiger partial charge on any atom is -0.309 e. The van der Waals surface area contributed by atoms with Crippen LogP contribution in [0.5, 0.6) is 0 Å². The fourth-order valence-electron chi connectivity index (χ4n) is 4.14. The molecule has 3 fully saturated rings. The molecule has 5 rings (SSSR count). The highest BCUT2D eigenvalue weighted by atomic mass is 15.1. The van der Waals surface area contributed by atoms with Gasteiger partial charge in [0.25, 0.3) is 0 Å². The van der Waals surface area contributed by atoms with Crippen LogP contribution in [0.2, 0.25) is 0 Å². The Morgan fingerprint density at radius 2 is 2.00 bits per heavy atom. The van der Waals surface area contributed by atoms with Gasteiger partial charge in [0.2, 0.25) is 0 Å². The van der Waals surface area contributed by atoms with Crippen LogP contribution in [0, 0.1) is 17.8 Å². The van der Waals surface area contributed by atoms with Gasteiger partial charge in [0, 0.05) is 31.1 Å². The summed E-state index contributed by atoms with van der Waals surface area (Å²) in [7, 11) is 0. The van der Waals surface area contributed by atoms with Crippen molar-refractivity contribution in [3.8, 4) is 5.82 Å². The Labute approximate surface area is 133 Å². The summed E-state index contributed by atoms with van der Waals surface area (Å²) in [5.41, 5.74) is 1.34. The standard InChI is InChI=1S/C19H24N3/c1-15(12-18-14-21-10-5-16(18)6-11-21)17-4-7-20-19(13-17)22-8-2-3-9-22/h2-4,7-9,13,16,18H,5-6,10-12,14H2,1H3. The largest absolute Gasteiger partial charge is 0.309 e. The molecule has 1 atom stereocenters. The summed E-state index contributed by atoms with van der Waals surface area (Å²) in [6.07, 6.45) is 10.1. The van der Waals surface area contributed by atoms with Crippen LogP contribution in [0.3, 0.4) is 0 Å². The average molecular weight is 294 g/mol. The van der Waals surface area contributed by atoms with Crippen LogP contribution >= 0.6 is 0 Å². The first-order valence-electron chi connectivity index (χ1n) is 8.44. The van der Waals surface area contributed by atoms with Crippen LogP contribution in [0.25, 0.3) is 5.82 Å². The minimum atomic E-state index is 0.852. The summed E-state index contributed by atoms with van der Waals surface area (Å²) in [5.74, 6) is 4.32. The van der Waals surface area contributed by atoms with E-state index in [1.165, 1.54) is 50.4 Å². The van der Waals surface area contributed by atoms with Crippen LogP contribution in [0.4, 0.5) is 0 Å². The van der Waals surface area contributed by atoms with Crippen molar-refractivity contribution in [2.24, 2.45) is 11.8 Å². The number of pyridine rings is 1. The summed E-state index contributed by atoms with van der Waals surface area (Å²) < 4.78 is 2.07. The molecule has 3 aliphatic rings.